The van der Waals surface area contributed by atoms with Crippen molar-refractivity contribution in [3.63, 3.8) is 0 Å². The Morgan fingerprint density at radius 2 is 2.33 bits per heavy atom. The first-order valence-corrected chi connectivity index (χ1v) is 3.54. The Balaban J connectivity index is 2.38. The first-order chi connectivity index (χ1) is 4.14. The fourth-order valence-corrected chi connectivity index (χ4v) is 1.47. The summed E-state index contributed by atoms with van der Waals surface area (Å²) in [5.41, 5.74) is -0.395. The van der Waals surface area contributed by atoms with Crippen LogP contribution < -0.4 is 5.32 Å². The van der Waals surface area contributed by atoms with Gasteiger partial charge >= 0.3 is 0 Å². The Labute approximate surface area is 56.3 Å². The predicted molar refractivity (Wildman–Crippen MR) is 37.3 cm³/mol. The summed E-state index contributed by atoms with van der Waals surface area (Å²) in [4.78, 5) is 0. The number of aliphatic hydroxyl groups is 1. The van der Waals surface area contributed by atoms with Crippen LogP contribution in [0.3, 0.4) is 0 Å². The molecule has 0 spiro atoms. The van der Waals surface area contributed by atoms with Crippen molar-refractivity contribution in [3.05, 3.63) is 0 Å². The SMILES string of the molecule is CNC1CCC(C)(O)C1. The summed E-state index contributed by atoms with van der Waals surface area (Å²) in [7, 11) is 1.95. The third kappa shape index (κ3) is 1.66. The summed E-state index contributed by atoms with van der Waals surface area (Å²) in [5.74, 6) is 0. The summed E-state index contributed by atoms with van der Waals surface area (Å²) >= 11 is 0. The van der Waals surface area contributed by atoms with Gasteiger partial charge in [0.2, 0.25) is 0 Å². The molecule has 2 N–H and O–H groups in total. The van der Waals surface area contributed by atoms with E-state index in [-0.39, 0.29) is 0 Å². The van der Waals surface area contributed by atoms with Crippen LogP contribution in [0.25, 0.3) is 0 Å². The van der Waals surface area contributed by atoms with E-state index in [1.54, 1.807) is 0 Å². The third-order valence-corrected chi connectivity index (χ3v) is 2.13. The summed E-state index contributed by atoms with van der Waals surface area (Å²) in [6.07, 6.45) is 2.96. The lowest BCUT2D eigenvalue weighted by Gasteiger charge is -2.15. The maximum atomic E-state index is 9.46. The number of hydrogen-bond acceptors (Lipinski definition) is 2. The van der Waals surface area contributed by atoms with Crippen molar-refractivity contribution in [1.82, 2.24) is 5.32 Å². The molecule has 0 aliphatic heterocycles. The van der Waals surface area contributed by atoms with Crippen molar-refractivity contribution in [2.75, 3.05) is 7.05 Å². The molecule has 0 amide bonds. The Morgan fingerprint density at radius 3 is 2.56 bits per heavy atom. The Hall–Kier alpha value is -0.0800. The van der Waals surface area contributed by atoms with Crippen molar-refractivity contribution in [2.45, 2.75) is 37.8 Å². The minimum atomic E-state index is -0.395. The highest BCUT2D eigenvalue weighted by Gasteiger charge is 2.31. The molecule has 0 radical (unpaired) electrons. The third-order valence-electron chi connectivity index (χ3n) is 2.13. The zero-order valence-corrected chi connectivity index (χ0v) is 6.15. The van der Waals surface area contributed by atoms with Gasteiger partial charge in [0.25, 0.3) is 0 Å². The van der Waals surface area contributed by atoms with Crippen LogP contribution >= 0.6 is 0 Å². The van der Waals surface area contributed by atoms with E-state index in [1.807, 2.05) is 14.0 Å². The molecule has 0 aromatic rings. The van der Waals surface area contributed by atoms with Crippen molar-refractivity contribution < 1.29 is 5.11 Å². The molecule has 1 aliphatic rings. The van der Waals surface area contributed by atoms with E-state index in [9.17, 15) is 5.11 Å². The normalized spacial score (nSPS) is 43.7. The van der Waals surface area contributed by atoms with E-state index < -0.39 is 5.60 Å². The number of hydrogen-bond donors (Lipinski definition) is 2. The largest absolute Gasteiger partial charge is 0.390 e. The van der Waals surface area contributed by atoms with Crippen LogP contribution in [0.4, 0.5) is 0 Å². The second kappa shape index (κ2) is 2.27. The second-order valence-corrected chi connectivity index (χ2v) is 3.23. The molecular weight excluding hydrogens is 114 g/mol. The van der Waals surface area contributed by atoms with Crippen LogP contribution in [-0.4, -0.2) is 23.8 Å². The lowest BCUT2D eigenvalue weighted by atomic mass is 10.1. The fraction of sp³-hybridized carbons (Fsp3) is 1.00. The Bertz CT molecular complexity index is 101. The van der Waals surface area contributed by atoms with Gasteiger partial charge < -0.3 is 10.4 Å². The van der Waals surface area contributed by atoms with Gasteiger partial charge in [-0.15, -0.1) is 0 Å². The van der Waals surface area contributed by atoms with E-state index in [0.29, 0.717) is 6.04 Å². The quantitative estimate of drug-likeness (QED) is 0.540. The average Bonchev–Trinajstić information content (AvgIpc) is 2.10. The van der Waals surface area contributed by atoms with Gasteiger partial charge in [-0.25, -0.2) is 0 Å². The van der Waals surface area contributed by atoms with Crippen LogP contribution in [-0.2, 0) is 0 Å². The molecule has 2 heteroatoms. The number of rotatable bonds is 1. The van der Waals surface area contributed by atoms with Crippen molar-refractivity contribution in [3.8, 4) is 0 Å². The van der Waals surface area contributed by atoms with E-state index in [1.165, 1.54) is 0 Å². The molecule has 0 aromatic heterocycles. The minimum Gasteiger partial charge on any atom is -0.390 e. The Kier molecular flexibility index (Phi) is 1.78. The highest BCUT2D eigenvalue weighted by molar-refractivity contribution is 4.88. The Morgan fingerprint density at radius 1 is 1.67 bits per heavy atom. The van der Waals surface area contributed by atoms with Crippen LogP contribution in [0.1, 0.15) is 26.2 Å². The predicted octanol–water partition coefficient (Wildman–Crippen LogP) is 0.509. The van der Waals surface area contributed by atoms with Gasteiger partial charge in [0, 0.05) is 6.04 Å². The van der Waals surface area contributed by atoms with Gasteiger partial charge in [0.05, 0.1) is 5.60 Å². The van der Waals surface area contributed by atoms with Crippen LogP contribution in [0, 0.1) is 0 Å². The second-order valence-electron chi connectivity index (χ2n) is 3.23. The molecule has 0 heterocycles. The van der Waals surface area contributed by atoms with Gasteiger partial charge in [-0.1, -0.05) is 0 Å². The lowest BCUT2D eigenvalue weighted by Crippen LogP contribution is -2.26. The molecule has 0 saturated heterocycles. The molecule has 1 aliphatic carbocycles. The summed E-state index contributed by atoms with van der Waals surface area (Å²) in [5, 5.41) is 12.6. The monoisotopic (exact) mass is 129 g/mol. The maximum absolute atomic E-state index is 9.46. The summed E-state index contributed by atoms with van der Waals surface area (Å²) in [6, 6.07) is 0.542. The highest BCUT2D eigenvalue weighted by atomic mass is 16.3. The molecule has 54 valence electrons. The molecular formula is C7H15NO. The molecule has 2 nitrogen and oxygen atoms in total. The van der Waals surface area contributed by atoms with Crippen molar-refractivity contribution in [2.24, 2.45) is 0 Å². The molecule has 2 atom stereocenters. The van der Waals surface area contributed by atoms with Crippen LogP contribution in [0.2, 0.25) is 0 Å². The van der Waals surface area contributed by atoms with E-state index in [2.05, 4.69) is 5.32 Å². The molecule has 1 saturated carbocycles. The zero-order valence-electron chi connectivity index (χ0n) is 6.15. The molecule has 0 bridgehead atoms. The summed E-state index contributed by atoms with van der Waals surface area (Å²) < 4.78 is 0. The maximum Gasteiger partial charge on any atom is 0.0635 e. The first-order valence-electron chi connectivity index (χ1n) is 3.54. The highest BCUT2D eigenvalue weighted by Crippen LogP contribution is 2.28. The van der Waals surface area contributed by atoms with E-state index in [0.717, 1.165) is 19.3 Å². The van der Waals surface area contributed by atoms with Crippen molar-refractivity contribution >= 4 is 0 Å². The average molecular weight is 129 g/mol. The van der Waals surface area contributed by atoms with Gasteiger partial charge in [0.1, 0.15) is 0 Å². The molecule has 9 heavy (non-hydrogen) atoms. The standard InChI is InChI=1S/C7H15NO/c1-7(9)4-3-6(5-7)8-2/h6,8-9H,3-5H2,1-2H3. The van der Waals surface area contributed by atoms with E-state index in [4.69, 9.17) is 0 Å². The minimum absolute atomic E-state index is 0.395. The van der Waals surface area contributed by atoms with Gasteiger partial charge in [-0.3, -0.25) is 0 Å². The van der Waals surface area contributed by atoms with Crippen molar-refractivity contribution in [1.29, 1.82) is 0 Å². The van der Waals surface area contributed by atoms with Gasteiger partial charge in [0.15, 0.2) is 0 Å². The topological polar surface area (TPSA) is 32.3 Å². The fourth-order valence-electron chi connectivity index (χ4n) is 1.47. The van der Waals surface area contributed by atoms with Crippen LogP contribution in [0.15, 0.2) is 0 Å². The smallest absolute Gasteiger partial charge is 0.0635 e. The first kappa shape index (κ1) is 7.03. The number of nitrogens with one attached hydrogen (secondary N) is 1. The lowest BCUT2D eigenvalue weighted by molar-refractivity contribution is 0.0657. The zero-order chi connectivity index (χ0) is 6.91. The van der Waals surface area contributed by atoms with Crippen LogP contribution in [0.5, 0.6) is 0 Å². The molecule has 2 unspecified atom stereocenters. The van der Waals surface area contributed by atoms with E-state index >= 15 is 0 Å². The summed E-state index contributed by atoms with van der Waals surface area (Å²) in [6.45, 7) is 1.91. The van der Waals surface area contributed by atoms with Gasteiger partial charge in [-0.2, -0.15) is 0 Å². The molecule has 1 fully saturated rings. The molecule has 0 aromatic carbocycles. The van der Waals surface area contributed by atoms with Gasteiger partial charge in [-0.05, 0) is 33.2 Å². The molecule has 1 rings (SSSR count).